The zero-order valence-electron chi connectivity index (χ0n) is 15.9. The van der Waals surface area contributed by atoms with Gasteiger partial charge in [0.25, 0.3) is 5.91 Å². The quantitative estimate of drug-likeness (QED) is 0.632. The van der Waals surface area contributed by atoms with E-state index in [2.05, 4.69) is 43.1 Å². The van der Waals surface area contributed by atoms with Crippen molar-refractivity contribution in [3.05, 3.63) is 70.4 Å². The first-order valence-corrected chi connectivity index (χ1v) is 10.0. The minimum Gasteiger partial charge on any atom is -0.360 e. The molecule has 27 heavy (non-hydrogen) atoms. The zero-order valence-corrected chi connectivity index (χ0v) is 16.6. The van der Waals surface area contributed by atoms with Gasteiger partial charge in [-0.2, -0.15) is 0 Å². The number of rotatable bonds is 3. The maximum atomic E-state index is 13.1. The van der Waals surface area contributed by atoms with Gasteiger partial charge in [0.15, 0.2) is 0 Å². The van der Waals surface area contributed by atoms with E-state index in [1.807, 2.05) is 29.3 Å². The maximum Gasteiger partial charge on any atom is 0.256 e. The first kappa shape index (κ1) is 18.1. The molecule has 1 aromatic heterocycles. The standard InChI is InChI=1S/C23H25ClN2O/c1-3-16-6-4-5-7-20(16)23(2)10-12-26(13-11-23)22(27)19-15-25-21-14-17(24)8-9-18(19)21/h4-9,14-15,25H,3,10-13H2,1-2H3. The van der Waals surface area contributed by atoms with Gasteiger partial charge in [0, 0.05) is 35.2 Å². The number of aromatic amines is 1. The second kappa shape index (κ2) is 7.05. The first-order chi connectivity index (χ1) is 13.0. The average molecular weight is 381 g/mol. The Hall–Kier alpha value is -2.26. The molecule has 4 rings (SSSR count). The molecular formula is C23H25ClN2O. The van der Waals surface area contributed by atoms with Crippen LogP contribution in [0.4, 0.5) is 0 Å². The number of halogens is 1. The SMILES string of the molecule is CCc1ccccc1C1(C)CCN(C(=O)c2c[nH]c3cc(Cl)ccc23)CC1. The number of aromatic nitrogens is 1. The fourth-order valence-corrected chi connectivity index (χ4v) is 4.51. The minimum atomic E-state index is 0.106. The molecule has 1 N–H and O–H groups in total. The van der Waals surface area contributed by atoms with Crippen LogP contribution in [0.15, 0.2) is 48.7 Å². The highest BCUT2D eigenvalue weighted by molar-refractivity contribution is 6.31. The van der Waals surface area contributed by atoms with E-state index in [9.17, 15) is 4.79 Å². The van der Waals surface area contributed by atoms with Crippen LogP contribution in [-0.4, -0.2) is 28.9 Å². The smallest absolute Gasteiger partial charge is 0.256 e. The lowest BCUT2D eigenvalue weighted by molar-refractivity contribution is 0.0677. The lowest BCUT2D eigenvalue weighted by Gasteiger charge is -2.40. The third-order valence-corrected chi connectivity index (χ3v) is 6.31. The monoisotopic (exact) mass is 380 g/mol. The molecule has 1 aliphatic heterocycles. The lowest BCUT2D eigenvalue weighted by atomic mass is 9.72. The Morgan fingerprint density at radius 1 is 1.19 bits per heavy atom. The number of aryl methyl sites for hydroxylation is 1. The van der Waals surface area contributed by atoms with Crippen LogP contribution in [0.5, 0.6) is 0 Å². The number of fused-ring (bicyclic) bond motifs is 1. The number of hydrogen-bond acceptors (Lipinski definition) is 1. The van der Waals surface area contributed by atoms with E-state index in [1.54, 1.807) is 0 Å². The molecule has 0 atom stereocenters. The Morgan fingerprint density at radius 2 is 1.93 bits per heavy atom. The molecule has 0 unspecified atom stereocenters. The highest BCUT2D eigenvalue weighted by Gasteiger charge is 2.35. The number of nitrogens with one attached hydrogen (secondary N) is 1. The third kappa shape index (κ3) is 3.25. The molecule has 0 spiro atoms. The highest BCUT2D eigenvalue weighted by Crippen LogP contribution is 2.37. The normalized spacial score (nSPS) is 16.6. The number of nitrogens with zero attached hydrogens (tertiary/aromatic N) is 1. The minimum absolute atomic E-state index is 0.106. The molecule has 3 nitrogen and oxygen atoms in total. The molecule has 3 aromatic rings. The molecular weight excluding hydrogens is 356 g/mol. The summed E-state index contributed by atoms with van der Waals surface area (Å²) in [7, 11) is 0. The van der Waals surface area contributed by atoms with Crippen molar-refractivity contribution >= 4 is 28.4 Å². The molecule has 1 aliphatic rings. The van der Waals surface area contributed by atoms with Gasteiger partial charge in [0.2, 0.25) is 0 Å². The number of amides is 1. The summed E-state index contributed by atoms with van der Waals surface area (Å²) in [5.41, 5.74) is 4.65. The summed E-state index contributed by atoms with van der Waals surface area (Å²) >= 11 is 6.06. The Bertz CT molecular complexity index is 983. The zero-order chi connectivity index (χ0) is 19.0. The van der Waals surface area contributed by atoms with Crippen molar-refractivity contribution in [2.45, 2.75) is 38.5 Å². The predicted molar refractivity (Wildman–Crippen MR) is 112 cm³/mol. The Kier molecular flexibility index (Phi) is 4.73. The van der Waals surface area contributed by atoms with Gasteiger partial charge in [-0.15, -0.1) is 0 Å². The van der Waals surface area contributed by atoms with Crippen molar-refractivity contribution in [2.75, 3.05) is 13.1 Å². The summed E-state index contributed by atoms with van der Waals surface area (Å²) in [6, 6.07) is 14.4. The van der Waals surface area contributed by atoms with Crippen LogP contribution in [0.2, 0.25) is 5.02 Å². The van der Waals surface area contributed by atoms with Crippen molar-refractivity contribution in [1.29, 1.82) is 0 Å². The van der Waals surface area contributed by atoms with E-state index in [4.69, 9.17) is 11.6 Å². The van der Waals surface area contributed by atoms with Crippen molar-refractivity contribution in [2.24, 2.45) is 0 Å². The molecule has 0 saturated carbocycles. The van der Waals surface area contributed by atoms with E-state index >= 15 is 0 Å². The first-order valence-electron chi connectivity index (χ1n) is 9.66. The molecule has 1 amide bonds. The fourth-order valence-electron chi connectivity index (χ4n) is 4.34. The molecule has 2 heterocycles. The Morgan fingerprint density at radius 3 is 2.67 bits per heavy atom. The largest absolute Gasteiger partial charge is 0.360 e. The van der Waals surface area contributed by atoms with Crippen LogP contribution in [0.3, 0.4) is 0 Å². The van der Waals surface area contributed by atoms with Crippen molar-refractivity contribution in [3.8, 4) is 0 Å². The van der Waals surface area contributed by atoms with Crippen LogP contribution in [0, 0.1) is 0 Å². The summed E-state index contributed by atoms with van der Waals surface area (Å²) in [5.74, 6) is 0.106. The molecule has 2 aromatic carbocycles. The number of piperidine rings is 1. The molecule has 4 heteroatoms. The number of carbonyl (C=O) groups excluding carboxylic acids is 1. The van der Waals surface area contributed by atoms with Gasteiger partial charge in [-0.05, 0) is 47.9 Å². The number of carbonyl (C=O) groups is 1. The van der Waals surface area contributed by atoms with E-state index in [0.717, 1.165) is 48.8 Å². The van der Waals surface area contributed by atoms with E-state index in [-0.39, 0.29) is 11.3 Å². The van der Waals surface area contributed by atoms with E-state index in [0.29, 0.717) is 5.02 Å². The van der Waals surface area contributed by atoms with Crippen LogP contribution in [-0.2, 0) is 11.8 Å². The van der Waals surface area contributed by atoms with Gasteiger partial charge in [0.05, 0.1) is 5.56 Å². The number of H-pyrrole nitrogens is 1. The second-order valence-corrected chi connectivity index (χ2v) is 8.19. The highest BCUT2D eigenvalue weighted by atomic mass is 35.5. The van der Waals surface area contributed by atoms with Crippen LogP contribution in [0.25, 0.3) is 10.9 Å². The molecule has 1 saturated heterocycles. The topological polar surface area (TPSA) is 36.1 Å². The number of hydrogen-bond donors (Lipinski definition) is 1. The fraction of sp³-hybridized carbons (Fsp3) is 0.348. The van der Waals surface area contributed by atoms with E-state index in [1.165, 1.54) is 11.1 Å². The Labute approximate surface area is 165 Å². The van der Waals surface area contributed by atoms with E-state index < -0.39 is 0 Å². The molecule has 140 valence electrons. The molecule has 0 aliphatic carbocycles. The number of likely N-dealkylation sites (tertiary alicyclic amines) is 1. The maximum absolute atomic E-state index is 13.1. The molecule has 0 radical (unpaired) electrons. The Balaban J connectivity index is 1.54. The molecule has 0 bridgehead atoms. The van der Waals surface area contributed by atoms with Gasteiger partial charge >= 0.3 is 0 Å². The van der Waals surface area contributed by atoms with Gasteiger partial charge in [-0.1, -0.05) is 55.8 Å². The van der Waals surface area contributed by atoms with Crippen molar-refractivity contribution in [3.63, 3.8) is 0 Å². The summed E-state index contributed by atoms with van der Waals surface area (Å²) in [5, 5.41) is 1.61. The van der Waals surface area contributed by atoms with Crippen LogP contribution in [0.1, 0.15) is 48.2 Å². The van der Waals surface area contributed by atoms with Crippen LogP contribution < -0.4 is 0 Å². The van der Waals surface area contributed by atoms with Gasteiger partial charge in [-0.25, -0.2) is 0 Å². The summed E-state index contributed by atoms with van der Waals surface area (Å²) in [4.78, 5) is 18.3. The average Bonchev–Trinajstić information content (AvgIpc) is 3.11. The van der Waals surface area contributed by atoms with Gasteiger partial charge < -0.3 is 9.88 Å². The van der Waals surface area contributed by atoms with Gasteiger partial charge in [0.1, 0.15) is 0 Å². The molecule has 1 fully saturated rings. The van der Waals surface area contributed by atoms with Crippen molar-refractivity contribution in [1.82, 2.24) is 9.88 Å². The van der Waals surface area contributed by atoms with Crippen LogP contribution >= 0.6 is 11.6 Å². The summed E-state index contributed by atoms with van der Waals surface area (Å²) in [6.07, 6.45) is 4.84. The second-order valence-electron chi connectivity index (χ2n) is 7.76. The number of benzene rings is 2. The van der Waals surface area contributed by atoms with Gasteiger partial charge in [-0.3, -0.25) is 4.79 Å². The lowest BCUT2D eigenvalue weighted by Crippen LogP contribution is -2.44. The van der Waals surface area contributed by atoms with Crippen molar-refractivity contribution < 1.29 is 4.79 Å². The summed E-state index contributed by atoms with van der Waals surface area (Å²) < 4.78 is 0. The summed E-state index contributed by atoms with van der Waals surface area (Å²) in [6.45, 7) is 6.13. The third-order valence-electron chi connectivity index (χ3n) is 6.08. The predicted octanol–water partition coefficient (Wildman–Crippen LogP) is 5.58.